The summed E-state index contributed by atoms with van der Waals surface area (Å²) in [5.74, 6) is -0.487. The van der Waals surface area contributed by atoms with Gasteiger partial charge in [-0.1, -0.05) is 0 Å². The zero-order valence-electron chi connectivity index (χ0n) is 6.99. The summed E-state index contributed by atoms with van der Waals surface area (Å²) in [6.45, 7) is 3.04. The lowest BCUT2D eigenvalue weighted by molar-refractivity contribution is -0.146. The van der Waals surface area contributed by atoms with Crippen LogP contribution in [0.25, 0.3) is 0 Å². The Balaban J connectivity index is 2.63. The summed E-state index contributed by atoms with van der Waals surface area (Å²) < 4.78 is 9.54. The van der Waals surface area contributed by atoms with Crippen LogP contribution in [0.4, 0.5) is 0 Å². The average Bonchev–Trinajstić information content (AvgIpc) is 1.81. The number of carbonyl (C=O) groups is 2. The van der Waals surface area contributed by atoms with Crippen LogP contribution >= 0.6 is 0 Å². The van der Waals surface area contributed by atoms with E-state index in [1.807, 2.05) is 0 Å². The molecule has 12 heavy (non-hydrogen) atoms. The van der Waals surface area contributed by atoms with Gasteiger partial charge >= 0.3 is 11.9 Å². The van der Waals surface area contributed by atoms with Crippen molar-refractivity contribution >= 4 is 11.9 Å². The van der Waals surface area contributed by atoms with Crippen molar-refractivity contribution in [2.24, 2.45) is 0 Å². The van der Waals surface area contributed by atoms with Crippen LogP contribution in [0.5, 0.6) is 0 Å². The number of hydrogen-bond acceptors (Lipinski definition) is 4. The van der Waals surface area contributed by atoms with Gasteiger partial charge in [0.25, 0.3) is 0 Å². The number of rotatable bonds is 1. The Bertz CT molecular complexity index is 241. The molecule has 0 spiro atoms. The third kappa shape index (κ3) is 2.38. The standard InChI is InChI=1S/C8H10O4/c1-5-3-7(12-6(2)9)4-8(10)11-5/h4-5H,3H2,1-2H3. The van der Waals surface area contributed by atoms with Crippen LogP contribution in [0.3, 0.4) is 0 Å². The van der Waals surface area contributed by atoms with Gasteiger partial charge < -0.3 is 9.47 Å². The molecule has 1 aliphatic heterocycles. The molecule has 0 aromatic rings. The van der Waals surface area contributed by atoms with Crippen molar-refractivity contribution in [2.45, 2.75) is 26.4 Å². The summed E-state index contributed by atoms with van der Waals surface area (Å²) in [5, 5.41) is 0. The van der Waals surface area contributed by atoms with E-state index >= 15 is 0 Å². The van der Waals surface area contributed by atoms with E-state index < -0.39 is 11.9 Å². The van der Waals surface area contributed by atoms with Crippen LogP contribution < -0.4 is 0 Å². The quantitative estimate of drug-likeness (QED) is 0.545. The van der Waals surface area contributed by atoms with Gasteiger partial charge in [0.15, 0.2) is 0 Å². The van der Waals surface area contributed by atoms with Crippen molar-refractivity contribution in [3.63, 3.8) is 0 Å². The van der Waals surface area contributed by atoms with Crippen LogP contribution in [0.2, 0.25) is 0 Å². The summed E-state index contributed by atoms with van der Waals surface area (Å²) in [4.78, 5) is 21.3. The van der Waals surface area contributed by atoms with E-state index in [0.29, 0.717) is 12.2 Å². The smallest absolute Gasteiger partial charge is 0.334 e. The van der Waals surface area contributed by atoms with E-state index in [0.717, 1.165) is 0 Å². The highest BCUT2D eigenvalue weighted by Crippen LogP contribution is 2.15. The topological polar surface area (TPSA) is 52.6 Å². The predicted molar refractivity (Wildman–Crippen MR) is 40.0 cm³/mol. The van der Waals surface area contributed by atoms with Crippen molar-refractivity contribution < 1.29 is 19.1 Å². The molecule has 66 valence electrons. The van der Waals surface area contributed by atoms with Gasteiger partial charge in [-0.2, -0.15) is 0 Å². The third-order valence-corrected chi connectivity index (χ3v) is 1.36. The highest BCUT2D eigenvalue weighted by molar-refractivity contribution is 5.84. The summed E-state index contributed by atoms with van der Waals surface area (Å²) in [5.41, 5.74) is 0. The van der Waals surface area contributed by atoms with E-state index in [9.17, 15) is 9.59 Å². The van der Waals surface area contributed by atoms with Gasteiger partial charge in [0.1, 0.15) is 11.9 Å². The molecule has 0 saturated heterocycles. The van der Waals surface area contributed by atoms with Gasteiger partial charge in [-0.3, -0.25) is 4.79 Å². The fourth-order valence-electron chi connectivity index (χ4n) is 1.00. The van der Waals surface area contributed by atoms with Crippen molar-refractivity contribution in [1.82, 2.24) is 0 Å². The first-order valence-corrected chi connectivity index (χ1v) is 3.67. The molecule has 1 atom stereocenters. The SMILES string of the molecule is CC(=O)OC1=CC(=O)OC(C)C1. The zero-order chi connectivity index (χ0) is 9.14. The Hall–Kier alpha value is -1.32. The minimum Gasteiger partial charge on any atom is -0.459 e. The first kappa shape index (κ1) is 8.77. The maximum atomic E-state index is 10.8. The second kappa shape index (κ2) is 3.38. The Morgan fingerprint density at radius 3 is 2.92 bits per heavy atom. The second-order valence-electron chi connectivity index (χ2n) is 2.66. The molecule has 1 unspecified atom stereocenters. The largest absolute Gasteiger partial charge is 0.459 e. The lowest BCUT2D eigenvalue weighted by atomic mass is 10.2. The van der Waals surface area contributed by atoms with E-state index in [2.05, 4.69) is 0 Å². The number of esters is 2. The average molecular weight is 170 g/mol. The Morgan fingerprint density at radius 1 is 1.75 bits per heavy atom. The summed E-state index contributed by atoms with van der Waals surface area (Å²) in [6.07, 6.45) is 1.45. The monoisotopic (exact) mass is 170 g/mol. The number of hydrogen-bond donors (Lipinski definition) is 0. The molecule has 0 amide bonds. The Morgan fingerprint density at radius 2 is 2.42 bits per heavy atom. The minimum absolute atomic E-state index is 0.211. The molecule has 0 fully saturated rings. The van der Waals surface area contributed by atoms with Crippen LogP contribution in [-0.2, 0) is 19.1 Å². The van der Waals surface area contributed by atoms with E-state index in [1.165, 1.54) is 13.0 Å². The van der Waals surface area contributed by atoms with E-state index in [1.54, 1.807) is 6.92 Å². The van der Waals surface area contributed by atoms with Crippen molar-refractivity contribution in [1.29, 1.82) is 0 Å². The molecule has 4 heteroatoms. The first-order chi connectivity index (χ1) is 5.58. The molecule has 0 radical (unpaired) electrons. The molecule has 0 aliphatic carbocycles. The Kier molecular flexibility index (Phi) is 2.47. The molecule has 0 bridgehead atoms. The molecule has 0 aromatic heterocycles. The number of cyclic esters (lactones) is 1. The molecular formula is C8H10O4. The number of carbonyl (C=O) groups excluding carboxylic acids is 2. The second-order valence-corrected chi connectivity index (χ2v) is 2.66. The molecule has 1 aliphatic rings. The van der Waals surface area contributed by atoms with Gasteiger partial charge in [-0.15, -0.1) is 0 Å². The lowest BCUT2D eigenvalue weighted by Crippen LogP contribution is -2.21. The molecule has 0 saturated carbocycles. The highest BCUT2D eigenvalue weighted by atomic mass is 16.6. The van der Waals surface area contributed by atoms with Crippen LogP contribution in [0, 0.1) is 0 Å². The zero-order valence-corrected chi connectivity index (χ0v) is 6.99. The van der Waals surface area contributed by atoms with E-state index in [-0.39, 0.29) is 6.10 Å². The van der Waals surface area contributed by atoms with E-state index in [4.69, 9.17) is 9.47 Å². The van der Waals surface area contributed by atoms with Gasteiger partial charge in [-0.05, 0) is 6.92 Å². The van der Waals surface area contributed by atoms with Crippen molar-refractivity contribution in [2.75, 3.05) is 0 Å². The minimum atomic E-state index is -0.454. The number of ether oxygens (including phenoxy) is 2. The summed E-state index contributed by atoms with van der Waals surface area (Å²) in [6, 6.07) is 0. The molecule has 0 aromatic carbocycles. The molecule has 4 nitrogen and oxygen atoms in total. The van der Waals surface area contributed by atoms with Gasteiger partial charge in [0.05, 0.1) is 6.08 Å². The molecule has 0 N–H and O–H groups in total. The van der Waals surface area contributed by atoms with Crippen LogP contribution in [0.1, 0.15) is 20.3 Å². The Labute approximate surface area is 70.1 Å². The maximum absolute atomic E-state index is 10.8. The summed E-state index contributed by atoms with van der Waals surface area (Å²) in [7, 11) is 0. The molecule has 1 rings (SSSR count). The van der Waals surface area contributed by atoms with Gasteiger partial charge in [-0.25, -0.2) is 4.79 Å². The van der Waals surface area contributed by atoms with Crippen molar-refractivity contribution in [3.05, 3.63) is 11.8 Å². The first-order valence-electron chi connectivity index (χ1n) is 3.67. The van der Waals surface area contributed by atoms with Crippen molar-refractivity contribution in [3.8, 4) is 0 Å². The van der Waals surface area contributed by atoms with Crippen LogP contribution in [0.15, 0.2) is 11.8 Å². The third-order valence-electron chi connectivity index (χ3n) is 1.36. The maximum Gasteiger partial charge on any atom is 0.334 e. The molecular weight excluding hydrogens is 160 g/mol. The fraction of sp³-hybridized carbons (Fsp3) is 0.500. The molecule has 1 heterocycles. The van der Waals surface area contributed by atoms with Gasteiger partial charge in [0, 0.05) is 13.3 Å². The highest BCUT2D eigenvalue weighted by Gasteiger charge is 2.19. The fourth-order valence-corrected chi connectivity index (χ4v) is 1.00. The summed E-state index contributed by atoms with van der Waals surface area (Å²) >= 11 is 0. The van der Waals surface area contributed by atoms with Crippen LogP contribution in [-0.4, -0.2) is 18.0 Å². The lowest BCUT2D eigenvalue weighted by Gasteiger charge is -2.18. The predicted octanol–water partition coefficient (Wildman–Crippen LogP) is 0.769. The van der Waals surface area contributed by atoms with Gasteiger partial charge in [0.2, 0.25) is 0 Å². The normalized spacial score (nSPS) is 22.7.